The molecule has 0 spiro atoms. The van der Waals surface area contributed by atoms with Crippen molar-refractivity contribution in [1.82, 2.24) is 5.32 Å². The van der Waals surface area contributed by atoms with Gasteiger partial charge in [0.1, 0.15) is 0 Å². The molecule has 0 aliphatic carbocycles. The molecule has 0 aliphatic rings. The third-order valence-electron chi connectivity index (χ3n) is 5.88. The van der Waals surface area contributed by atoms with Gasteiger partial charge in [-0.1, -0.05) is 73.2 Å². The van der Waals surface area contributed by atoms with E-state index < -0.39 is 5.97 Å². The molecule has 2 aromatic carbocycles. The third kappa shape index (κ3) is 13.9. The molecule has 1 unspecified atom stereocenters. The van der Waals surface area contributed by atoms with Gasteiger partial charge in [0.05, 0.1) is 0 Å². The van der Waals surface area contributed by atoms with E-state index in [0.717, 1.165) is 48.9 Å². The van der Waals surface area contributed by atoms with Crippen molar-refractivity contribution in [1.29, 1.82) is 0 Å². The normalized spacial score (nSPS) is 11.8. The maximum Gasteiger partial charge on any atom is 0.303 e. The predicted octanol–water partition coefficient (Wildman–Crippen LogP) is 6.57. The highest BCUT2D eigenvalue weighted by Gasteiger charge is 2.14. The summed E-state index contributed by atoms with van der Waals surface area (Å²) in [7, 11) is 0. The van der Waals surface area contributed by atoms with E-state index in [1.807, 2.05) is 43.3 Å². The molecular weight excluding hydrogens is 464 g/mol. The number of anilines is 1. The first kappa shape index (κ1) is 31.4. The number of benzene rings is 2. The Morgan fingerprint density at radius 3 is 2.49 bits per heavy atom. The molecule has 0 fully saturated rings. The summed E-state index contributed by atoms with van der Waals surface area (Å²) >= 11 is 0. The van der Waals surface area contributed by atoms with E-state index in [2.05, 4.69) is 54.8 Å². The van der Waals surface area contributed by atoms with Crippen LogP contribution in [0.25, 0.3) is 0 Å². The summed E-state index contributed by atoms with van der Waals surface area (Å²) in [5.74, 6) is -0.451. The average Bonchev–Trinajstić information content (AvgIpc) is 2.88. The van der Waals surface area contributed by atoms with Crippen LogP contribution in [0.4, 0.5) is 5.69 Å². The van der Waals surface area contributed by atoms with Crippen LogP contribution in [0.5, 0.6) is 0 Å². The highest BCUT2D eigenvalue weighted by Crippen LogP contribution is 2.30. The highest BCUT2D eigenvalue weighted by molar-refractivity contribution is 5.89. The lowest BCUT2D eigenvalue weighted by Crippen LogP contribution is -2.13. The number of aryl methyl sites for hydroxylation is 2. The van der Waals surface area contributed by atoms with E-state index in [-0.39, 0.29) is 12.3 Å². The van der Waals surface area contributed by atoms with Crippen LogP contribution in [0.15, 0.2) is 72.3 Å². The zero-order valence-electron chi connectivity index (χ0n) is 22.6. The zero-order chi connectivity index (χ0) is 27.5. The van der Waals surface area contributed by atoms with Gasteiger partial charge in [-0.15, -0.1) is 0 Å². The molecule has 2 rings (SSSR count). The minimum atomic E-state index is -0.771. The number of carboxylic acids is 1. The molecule has 2 aromatic rings. The summed E-state index contributed by atoms with van der Waals surface area (Å²) < 4.78 is 0. The van der Waals surface area contributed by atoms with Crippen molar-refractivity contribution in [2.45, 2.75) is 72.1 Å². The smallest absolute Gasteiger partial charge is 0.303 e. The van der Waals surface area contributed by atoms with Crippen molar-refractivity contribution in [3.8, 4) is 0 Å². The van der Waals surface area contributed by atoms with Gasteiger partial charge in [-0.05, 0) is 74.6 Å². The molecular formula is C31H42N2O4. The second-order valence-corrected chi connectivity index (χ2v) is 8.92. The quantitative estimate of drug-likeness (QED) is 0.153. The van der Waals surface area contributed by atoms with Crippen LogP contribution in [0, 0.1) is 6.92 Å². The van der Waals surface area contributed by atoms with Crippen molar-refractivity contribution in [3.63, 3.8) is 0 Å². The van der Waals surface area contributed by atoms with Gasteiger partial charge in [-0.3, -0.25) is 14.4 Å². The molecule has 0 radical (unpaired) electrons. The number of allylic oxidation sites excluding steroid dienone is 4. The van der Waals surface area contributed by atoms with Crippen molar-refractivity contribution >= 4 is 24.0 Å². The first-order valence-corrected chi connectivity index (χ1v) is 12.9. The molecule has 6 heteroatoms. The molecule has 0 aromatic heterocycles. The average molecular weight is 507 g/mol. The molecule has 0 heterocycles. The molecule has 0 aliphatic heterocycles. The fourth-order valence-electron chi connectivity index (χ4n) is 3.89. The monoisotopic (exact) mass is 506 g/mol. The van der Waals surface area contributed by atoms with Gasteiger partial charge in [-0.25, -0.2) is 0 Å². The predicted molar refractivity (Wildman–Crippen MR) is 152 cm³/mol. The number of rotatable bonds is 14. The molecule has 37 heavy (non-hydrogen) atoms. The Morgan fingerprint density at radius 1 is 1.11 bits per heavy atom. The molecule has 0 bridgehead atoms. The van der Waals surface area contributed by atoms with Crippen LogP contribution >= 0.6 is 0 Å². The molecule has 3 N–H and O–H groups in total. The Bertz CT molecular complexity index is 1040. The van der Waals surface area contributed by atoms with Crippen LogP contribution < -0.4 is 10.6 Å². The van der Waals surface area contributed by atoms with Crippen LogP contribution in [-0.4, -0.2) is 29.9 Å². The number of carbonyl (C=O) groups excluding carboxylic acids is 2. The number of amides is 2. The Kier molecular flexibility index (Phi) is 15.7. The largest absolute Gasteiger partial charge is 0.481 e. The Balaban J connectivity index is 0.000000516. The molecule has 1 atom stereocenters. The van der Waals surface area contributed by atoms with E-state index in [4.69, 9.17) is 5.11 Å². The second kappa shape index (κ2) is 18.6. The zero-order valence-corrected chi connectivity index (χ0v) is 22.6. The van der Waals surface area contributed by atoms with Crippen molar-refractivity contribution in [2.75, 3.05) is 11.9 Å². The van der Waals surface area contributed by atoms with Crippen molar-refractivity contribution < 1.29 is 19.5 Å². The van der Waals surface area contributed by atoms with Crippen molar-refractivity contribution in [2.24, 2.45) is 0 Å². The summed E-state index contributed by atoms with van der Waals surface area (Å²) in [5, 5.41) is 14.4. The van der Waals surface area contributed by atoms with Gasteiger partial charge in [0, 0.05) is 25.6 Å². The number of carboxylic acid groups (broad SMARTS) is 1. The summed E-state index contributed by atoms with van der Waals surface area (Å²) in [6.07, 6.45) is 11.8. The number of aliphatic carboxylic acids is 1. The standard InChI is InChI=1S/C22H31NO3.C9H11NO/c1-3-5-8-18(4-2)15-21(11-7-14-23-17-24)20-10-6-9-19(16-20)12-13-22(25)26;1-7-5-3-4-6-9(7)10-8(2)11/h4-6,8-10,16-17,21H,3,7,11-15H2,1-2H3,(H,23,24)(H,25,26);3-6H,1-2H3,(H,10,11)/b8-5-,18-4+;. The van der Waals surface area contributed by atoms with Gasteiger partial charge in [0.2, 0.25) is 12.3 Å². The van der Waals surface area contributed by atoms with E-state index >= 15 is 0 Å². The second-order valence-electron chi connectivity index (χ2n) is 8.92. The maximum atomic E-state index is 10.8. The summed E-state index contributed by atoms with van der Waals surface area (Å²) in [6, 6.07) is 16.0. The SMILES string of the molecule is C/C=C(\C=C/CC)CC(CCCNC=O)c1cccc(CCC(=O)O)c1.CC(=O)Nc1ccccc1C. The topological polar surface area (TPSA) is 95.5 Å². The summed E-state index contributed by atoms with van der Waals surface area (Å²) in [5.41, 5.74) is 5.58. The Hall–Kier alpha value is -3.67. The van der Waals surface area contributed by atoms with Crippen LogP contribution in [-0.2, 0) is 20.8 Å². The number of hydrogen-bond acceptors (Lipinski definition) is 3. The van der Waals surface area contributed by atoms with Gasteiger partial charge >= 0.3 is 5.97 Å². The summed E-state index contributed by atoms with van der Waals surface area (Å²) in [4.78, 5) is 31.9. The molecule has 0 saturated heterocycles. The maximum absolute atomic E-state index is 10.8. The fourth-order valence-corrected chi connectivity index (χ4v) is 3.89. The van der Waals surface area contributed by atoms with Gasteiger partial charge < -0.3 is 15.7 Å². The summed E-state index contributed by atoms with van der Waals surface area (Å²) in [6.45, 7) is 8.33. The number of carbonyl (C=O) groups is 3. The number of para-hydroxylation sites is 1. The molecule has 200 valence electrons. The lowest BCUT2D eigenvalue weighted by molar-refractivity contribution is -0.137. The van der Waals surface area contributed by atoms with Gasteiger partial charge in [0.15, 0.2) is 0 Å². The van der Waals surface area contributed by atoms with E-state index in [0.29, 0.717) is 18.9 Å². The Morgan fingerprint density at radius 2 is 1.86 bits per heavy atom. The molecule has 0 saturated carbocycles. The fraction of sp³-hybridized carbons (Fsp3) is 0.387. The lowest BCUT2D eigenvalue weighted by atomic mass is 9.86. The first-order valence-electron chi connectivity index (χ1n) is 12.9. The van der Waals surface area contributed by atoms with E-state index in [9.17, 15) is 14.4 Å². The molecule has 2 amide bonds. The Labute approximate surface area is 221 Å². The number of hydrogen-bond donors (Lipinski definition) is 3. The van der Waals surface area contributed by atoms with Crippen molar-refractivity contribution in [3.05, 3.63) is 89.0 Å². The first-order chi connectivity index (χ1) is 17.8. The van der Waals surface area contributed by atoms with Crippen LogP contribution in [0.3, 0.4) is 0 Å². The van der Waals surface area contributed by atoms with Gasteiger partial charge in [-0.2, -0.15) is 0 Å². The van der Waals surface area contributed by atoms with E-state index in [1.54, 1.807) is 0 Å². The van der Waals surface area contributed by atoms with Crippen LogP contribution in [0.2, 0.25) is 0 Å². The highest BCUT2D eigenvalue weighted by atomic mass is 16.4. The number of nitrogens with one attached hydrogen (secondary N) is 2. The third-order valence-corrected chi connectivity index (χ3v) is 5.88. The van der Waals surface area contributed by atoms with Gasteiger partial charge in [0.25, 0.3) is 0 Å². The lowest BCUT2D eigenvalue weighted by Gasteiger charge is -2.19. The minimum Gasteiger partial charge on any atom is -0.481 e. The minimum absolute atomic E-state index is 0.0284. The molecule has 6 nitrogen and oxygen atoms in total. The van der Waals surface area contributed by atoms with E-state index in [1.165, 1.54) is 18.1 Å². The van der Waals surface area contributed by atoms with Crippen LogP contribution in [0.1, 0.15) is 75.5 Å².